The molecule has 0 saturated carbocycles. The molecule has 1 N–H and O–H groups in total. The average Bonchev–Trinajstić information content (AvgIpc) is 2.82. The van der Waals surface area contributed by atoms with Crippen molar-refractivity contribution in [3.8, 4) is 5.75 Å². The number of rotatable bonds is 10. The zero-order chi connectivity index (χ0) is 24.7. The van der Waals surface area contributed by atoms with Crippen molar-refractivity contribution in [2.75, 3.05) is 17.5 Å². The monoisotopic (exact) mass is 480 g/mol. The van der Waals surface area contributed by atoms with Crippen LogP contribution < -0.4 is 14.4 Å². The number of carbonyl (C=O) groups is 1. The van der Waals surface area contributed by atoms with Crippen LogP contribution in [0.1, 0.15) is 37.8 Å². The van der Waals surface area contributed by atoms with Gasteiger partial charge in [0.05, 0.1) is 16.6 Å². The van der Waals surface area contributed by atoms with Gasteiger partial charge in [0, 0.05) is 0 Å². The lowest BCUT2D eigenvalue weighted by Crippen LogP contribution is -2.45. The van der Waals surface area contributed by atoms with Crippen molar-refractivity contribution >= 4 is 21.6 Å². The Hall–Kier alpha value is -3.32. The number of carbonyl (C=O) groups excluding carboxylic acids is 1. The van der Waals surface area contributed by atoms with Crippen LogP contribution in [0.15, 0.2) is 83.8 Å². The second kappa shape index (κ2) is 11.2. The fourth-order valence-electron chi connectivity index (χ4n) is 3.41. The third-order valence-corrected chi connectivity index (χ3v) is 7.18. The highest BCUT2D eigenvalue weighted by Crippen LogP contribution is 2.25. The van der Waals surface area contributed by atoms with E-state index in [1.54, 1.807) is 30.3 Å². The summed E-state index contributed by atoms with van der Waals surface area (Å²) in [6.07, 6.45) is 0. The average molecular weight is 481 g/mol. The van der Waals surface area contributed by atoms with Gasteiger partial charge in [-0.2, -0.15) is 0 Å². The molecule has 3 rings (SSSR count). The van der Waals surface area contributed by atoms with E-state index in [2.05, 4.69) is 19.2 Å². The highest BCUT2D eigenvalue weighted by molar-refractivity contribution is 7.92. The van der Waals surface area contributed by atoms with E-state index in [0.29, 0.717) is 17.4 Å². The molecule has 1 unspecified atom stereocenters. The van der Waals surface area contributed by atoms with Gasteiger partial charge in [-0.1, -0.05) is 61.9 Å². The first-order valence-electron chi connectivity index (χ1n) is 11.3. The normalized spacial score (nSPS) is 12.3. The maximum Gasteiger partial charge on any atom is 0.264 e. The van der Waals surface area contributed by atoms with Gasteiger partial charge in [-0.05, 0) is 61.7 Å². The second-order valence-electron chi connectivity index (χ2n) is 8.66. The minimum Gasteiger partial charge on any atom is -0.491 e. The SMILES string of the molecule is Cc1ccc(OCC(C)NC(=O)CN(c2ccc(C(C)C)cc2)S(=O)(=O)c2ccccc2)cc1. The van der Waals surface area contributed by atoms with Crippen LogP contribution in [0, 0.1) is 6.92 Å². The predicted molar refractivity (Wildman–Crippen MR) is 136 cm³/mol. The fourth-order valence-corrected chi connectivity index (χ4v) is 4.85. The summed E-state index contributed by atoms with van der Waals surface area (Å²) in [5, 5.41) is 2.84. The van der Waals surface area contributed by atoms with Crippen molar-refractivity contribution in [1.82, 2.24) is 5.32 Å². The summed E-state index contributed by atoms with van der Waals surface area (Å²) in [5.74, 6) is 0.614. The molecule has 0 saturated heterocycles. The van der Waals surface area contributed by atoms with E-state index in [4.69, 9.17) is 4.74 Å². The highest BCUT2D eigenvalue weighted by atomic mass is 32.2. The number of benzene rings is 3. The molecule has 3 aromatic rings. The quantitative estimate of drug-likeness (QED) is 0.448. The Morgan fingerprint density at radius 2 is 1.53 bits per heavy atom. The summed E-state index contributed by atoms with van der Waals surface area (Å²) in [6, 6.07) is 22.8. The van der Waals surface area contributed by atoms with Crippen molar-refractivity contribution in [3.05, 3.63) is 90.0 Å². The van der Waals surface area contributed by atoms with E-state index in [-0.39, 0.29) is 24.1 Å². The number of nitrogens with one attached hydrogen (secondary N) is 1. The molecule has 0 radical (unpaired) electrons. The van der Waals surface area contributed by atoms with Crippen molar-refractivity contribution < 1.29 is 17.9 Å². The Kier molecular flexibility index (Phi) is 8.34. The Morgan fingerprint density at radius 1 is 0.912 bits per heavy atom. The smallest absolute Gasteiger partial charge is 0.264 e. The van der Waals surface area contributed by atoms with E-state index < -0.39 is 15.9 Å². The zero-order valence-electron chi connectivity index (χ0n) is 20.1. The molecule has 6 nitrogen and oxygen atoms in total. The molecule has 0 fully saturated rings. The molecule has 7 heteroatoms. The largest absolute Gasteiger partial charge is 0.491 e. The molecule has 0 aliphatic rings. The third-order valence-electron chi connectivity index (χ3n) is 5.39. The minimum absolute atomic E-state index is 0.131. The molecule has 0 spiro atoms. The van der Waals surface area contributed by atoms with E-state index in [0.717, 1.165) is 15.4 Å². The number of sulfonamides is 1. The van der Waals surface area contributed by atoms with Gasteiger partial charge in [-0.3, -0.25) is 9.10 Å². The number of ether oxygens (including phenoxy) is 1. The van der Waals surface area contributed by atoms with Crippen molar-refractivity contribution in [2.24, 2.45) is 0 Å². The summed E-state index contributed by atoms with van der Waals surface area (Å²) in [5.41, 5.74) is 2.66. The number of hydrogen-bond donors (Lipinski definition) is 1. The molecule has 1 amide bonds. The van der Waals surface area contributed by atoms with Crippen molar-refractivity contribution in [3.63, 3.8) is 0 Å². The van der Waals surface area contributed by atoms with Crippen molar-refractivity contribution in [2.45, 2.75) is 44.6 Å². The van der Waals surface area contributed by atoms with Gasteiger partial charge in [0.2, 0.25) is 5.91 Å². The molecule has 1 atom stereocenters. The van der Waals surface area contributed by atoms with Gasteiger partial charge in [-0.25, -0.2) is 8.42 Å². The maximum atomic E-state index is 13.4. The van der Waals surface area contributed by atoms with Crippen LogP contribution >= 0.6 is 0 Å². The first-order valence-corrected chi connectivity index (χ1v) is 12.8. The molecular weight excluding hydrogens is 448 g/mol. The summed E-state index contributed by atoms with van der Waals surface area (Å²) in [4.78, 5) is 13.0. The van der Waals surface area contributed by atoms with E-state index >= 15 is 0 Å². The molecule has 0 aromatic heterocycles. The molecule has 0 aliphatic carbocycles. The van der Waals surface area contributed by atoms with Gasteiger partial charge in [-0.15, -0.1) is 0 Å². The number of hydrogen-bond acceptors (Lipinski definition) is 4. The van der Waals surface area contributed by atoms with Gasteiger partial charge >= 0.3 is 0 Å². The topological polar surface area (TPSA) is 75.7 Å². The molecule has 0 heterocycles. The van der Waals surface area contributed by atoms with Crippen LogP contribution in [-0.4, -0.2) is 33.5 Å². The van der Waals surface area contributed by atoms with Gasteiger partial charge in [0.25, 0.3) is 10.0 Å². The first kappa shape index (κ1) is 25.3. The summed E-state index contributed by atoms with van der Waals surface area (Å²) < 4.78 is 33.8. The highest BCUT2D eigenvalue weighted by Gasteiger charge is 2.27. The summed E-state index contributed by atoms with van der Waals surface area (Å²) in [7, 11) is -3.94. The first-order chi connectivity index (χ1) is 16.2. The van der Waals surface area contributed by atoms with Crippen LogP contribution in [0.25, 0.3) is 0 Å². The number of amides is 1. The van der Waals surface area contributed by atoms with Gasteiger partial charge in [0.1, 0.15) is 18.9 Å². The Balaban J connectivity index is 1.75. The third kappa shape index (κ3) is 6.60. The molecule has 0 bridgehead atoms. The van der Waals surface area contributed by atoms with E-state index in [1.807, 2.05) is 50.2 Å². The van der Waals surface area contributed by atoms with Gasteiger partial charge in [0.15, 0.2) is 0 Å². The lowest BCUT2D eigenvalue weighted by molar-refractivity contribution is -0.120. The molecule has 3 aromatic carbocycles. The molecule has 0 aliphatic heterocycles. The van der Waals surface area contributed by atoms with Crippen LogP contribution in [0.5, 0.6) is 5.75 Å². The van der Waals surface area contributed by atoms with Crippen molar-refractivity contribution in [1.29, 1.82) is 0 Å². The lowest BCUT2D eigenvalue weighted by atomic mass is 10.0. The zero-order valence-corrected chi connectivity index (χ0v) is 20.9. The second-order valence-corrected chi connectivity index (χ2v) is 10.5. The fraction of sp³-hybridized carbons (Fsp3) is 0.296. The van der Waals surface area contributed by atoms with Crippen LogP contribution in [0.2, 0.25) is 0 Å². The molecule has 180 valence electrons. The summed E-state index contributed by atoms with van der Waals surface area (Å²) >= 11 is 0. The predicted octanol–water partition coefficient (Wildman–Crippen LogP) is 4.90. The Labute approximate surface area is 202 Å². The summed E-state index contributed by atoms with van der Waals surface area (Å²) in [6.45, 7) is 7.89. The van der Waals surface area contributed by atoms with E-state index in [9.17, 15) is 13.2 Å². The van der Waals surface area contributed by atoms with E-state index in [1.165, 1.54) is 12.1 Å². The van der Waals surface area contributed by atoms with Gasteiger partial charge < -0.3 is 10.1 Å². The van der Waals surface area contributed by atoms with Crippen LogP contribution in [0.4, 0.5) is 5.69 Å². The standard InChI is InChI=1S/C27H32N2O4S/c1-20(2)23-12-14-24(15-13-23)29(34(31,32)26-8-6-5-7-9-26)18-27(30)28-22(4)19-33-25-16-10-21(3)11-17-25/h5-17,20,22H,18-19H2,1-4H3,(H,28,30). The number of aryl methyl sites for hydroxylation is 1. The van der Waals surface area contributed by atoms with Crippen LogP contribution in [0.3, 0.4) is 0 Å². The molecule has 34 heavy (non-hydrogen) atoms. The number of nitrogens with zero attached hydrogens (tertiary/aromatic N) is 1. The number of anilines is 1. The Bertz CT molecular complexity index is 1180. The minimum atomic E-state index is -3.94. The Morgan fingerprint density at radius 3 is 2.12 bits per heavy atom. The van der Waals surface area contributed by atoms with Crippen LogP contribution in [-0.2, 0) is 14.8 Å². The molecular formula is C27H32N2O4S. The lowest BCUT2D eigenvalue weighted by Gasteiger charge is -2.25. The maximum absolute atomic E-state index is 13.4.